The van der Waals surface area contributed by atoms with E-state index in [1.807, 2.05) is 54.6 Å². The highest BCUT2D eigenvalue weighted by atomic mass is 16.5. The van der Waals surface area contributed by atoms with E-state index in [2.05, 4.69) is 19.2 Å². The molecule has 0 heterocycles. The lowest BCUT2D eigenvalue weighted by Gasteiger charge is -2.09. The number of hydrogen-bond donors (Lipinski definition) is 1. The number of anilines is 1. The Kier molecular flexibility index (Phi) is 5.14. The molecule has 0 aromatic heterocycles. The fourth-order valence-electron chi connectivity index (χ4n) is 2.45. The van der Waals surface area contributed by atoms with Crippen LogP contribution >= 0.6 is 0 Å². The maximum Gasteiger partial charge on any atom is 0.255 e. The van der Waals surface area contributed by atoms with Gasteiger partial charge < -0.3 is 10.1 Å². The molecule has 25 heavy (non-hydrogen) atoms. The van der Waals surface area contributed by atoms with Crippen molar-refractivity contribution in [2.24, 2.45) is 0 Å². The van der Waals surface area contributed by atoms with Gasteiger partial charge in [0.15, 0.2) is 0 Å². The van der Waals surface area contributed by atoms with Gasteiger partial charge >= 0.3 is 0 Å². The fourth-order valence-corrected chi connectivity index (χ4v) is 2.45. The number of rotatable bonds is 5. The third-order valence-electron chi connectivity index (χ3n) is 3.93. The molecule has 3 rings (SSSR count). The van der Waals surface area contributed by atoms with Crippen LogP contribution in [-0.2, 0) is 0 Å². The highest BCUT2D eigenvalue weighted by Crippen LogP contribution is 2.22. The predicted molar refractivity (Wildman–Crippen MR) is 101 cm³/mol. The van der Waals surface area contributed by atoms with E-state index >= 15 is 0 Å². The maximum absolute atomic E-state index is 12.4. The van der Waals surface area contributed by atoms with E-state index in [0.717, 1.165) is 11.4 Å². The van der Waals surface area contributed by atoms with Gasteiger partial charge in [-0.1, -0.05) is 44.2 Å². The Morgan fingerprint density at radius 1 is 0.800 bits per heavy atom. The van der Waals surface area contributed by atoms with Gasteiger partial charge in [0.1, 0.15) is 11.5 Å². The van der Waals surface area contributed by atoms with E-state index in [1.54, 1.807) is 24.3 Å². The van der Waals surface area contributed by atoms with E-state index in [0.29, 0.717) is 17.2 Å². The smallest absolute Gasteiger partial charge is 0.255 e. The van der Waals surface area contributed by atoms with Crippen LogP contribution in [0.25, 0.3) is 0 Å². The second kappa shape index (κ2) is 7.67. The summed E-state index contributed by atoms with van der Waals surface area (Å²) in [4.78, 5) is 12.4. The molecule has 0 atom stereocenters. The molecule has 0 fully saturated rings. The van der Waals surface area contributed by atoms with Gasteiger partial charge in [0.25, 0.3) is 5.91 Å². The summed E-state index contributed by atoms with van der Waals surface area (Å²) in [5.74, 6) is 1.81. The van der Waals surface area contributed by atoms with Crippen molar-refractivity contribution in [2.75, 3.05) is 5.32 Å². The zero-order valence-electron chi connectivity index (χ0n) is 14.4. The topological polar surface area (TPSA) is 38.3 Å². The summed E-state index contributed by atoms with van der Waals surface area (Å²) in [5.41, 5.74) is 2.63. The molecule has 3 aromatic carbocycles. The Balaban J connectivity index is 1.64. The normalized spacial score (nSPS) is 10.5. The van der Waals surface area contributed by atoms with Crippen molar-refractivity contribution >= 4 is 11.6 Å². The molecule has 0 radical (unpaired) electrons. The van der Waals surface area contributed by atoms with Gasteiger partial charge in [-0.25, -0.2) is 0 Å². The molecular weight excluding hydrogens is 310 g/mol. The van der Waals surface area contributed by atoms with E-state index in [-0.39, 0.29) is 5.91 Å². The fraction of sp³-hybridized carbons (Fsp3) is 0.136. The summed E-state index contributed by atoms with van der Waals surface area (Å²) in [5, 5.41) is 2.91. The van der Waals surface area contributed by atoms with Crippen LogP contribution in [0.5, 0.6) is 11.5 Å². The largest absolute Gasteiger partial charge is 0.457 e. The number of nitrogens with one attached hydrogen (secondary N) is 1. The number of carbonyl (C=O) groups excluding carboxylic acids is 1. The Morgan fingerprint density at radius 3 is 2.00 bits per heavy atom. The molecular formula is C22H21NO2. The molecule has 1 N–H and O–H groups in total. The first kappa shape index (κ1) is 16.8. The molecule has 1 amide bonds. The van der Waals surface area contributed by atoms with Gasteiger partial charge in [0, 0.05) is 11.3 Å². The summed E-state index contributed by atoms with van der Waals surface area (Å²) in [6.45, 7) is 4.29. The zero-order chi connectivity index (χ0) is 17.6. The lowest BCUT2D eigenvalue weighted by atomic mass is 10.0. The van der Waals surface area contributed by atoms with Crippen molar-refractivity contribution in [3.63, 3.8) is 0 Å². The van der Waals surface area contributed by atoms with Crippen LogP contribution in [0.15, 0.2) is 78.9 Å². The SMILES string of the molecule is CC(C)c1ccc(NC(=O)c2ccc(Oc3ccccc3)cc2)cc1. The standard InChI is InChI=1S/C22H21NO2/c1-16(2)17-8-12-19(13-9-17)23-22(24)18-10-14-21(15-11-18)25-20-6-4-3-5-7-20/h3-16H,1-2H3,(H,23,24). The first-order chi connectivity index (χ1) is 12.1. The third-order valence-corrected chi connectivity index (χ3v) is 3.93. The minimum Gasteiger partial charge on any atom is -0.457 e. The number of amides is 1. The van der Waals surface area contributed by atoms with Crippen LogP contribution in [0.1, 0.15) is 35.7 Å². The molecule has 0 saturated carbocycles. The van der Waals surface area contributed by atoms with Crippen molar-refractivity contribution < 1.29 is 9.53 Å². The van der Waals surface area contributed by atoms with Crippen molar-refractivity contribution in [1.82, 2.24) is 0 Å². The van der Waals surface area contributed by atoms with Crippen LogP contribution in [-0.4, -0.2) is 5.91 Å². The summed E-state index contributed by atoms with van der Waals surface area (Å²) >= 11 is 0. The van der Waals surface area contributed by atoms with Gasteiger partial charge in [-0.05, 0) is 60.0 Å². The van der Waals surface area contributed by atoms with Gasteiger partial charge in [-0.3, -0.25) is 4.79 Å². The molecule has 0 saturated heterocycles. The van der Waals surface area contributed by atoms with Gasteiger partial charge in [-0.2, -0.15) is 0 Å². The van der Waals surface area contributed by atoms with Gasteiger partial charge in [0.05, 0.1) is 0 Å². The van der Waals surface area contributed by atoms with Gasteiger partial charge in [-0.15, -0.1) is 0 Å². The molecule has 0 aliphatic heterocycles. The zero-order valence-corrected chi connectivity index (χ0v) is 14.4. The van der Waals surface area contributed by atoms with E-state index in [4.69, 9.17) is 4.74 Å². The quantitative estimate of drug-likeness (QED) is 0.636. The first-order valence-corrected chi connectivity index (χ1v) is 8.36. The maximum atomic E-state index is 12.4. The molecule has 0 bridgehead atoms. The molecule has 0 spiro atoms. The Hall–Kier alpha value is -3.07. The second-order valence-corrected chi connectivity index (χ2v) is 6.17. The van der Waals surface area contributed by atoms with Crippen LogP contribution in [0.2, 0.25) is 0 Å². The molecule has 0 aliphatic carbocycles. The lowest BCUT2D eigenvalue weighted by molar-refractivity contribution is 0.102. The highest BCUT2D eigenvalue weighted by molar-refractivity contribution is 6.04. The summed E-state index contributed by atoms with van der Waals surface area (Å²) < 4.78 is 5.74. The van der Waals surface area contributed by atoms with Crippen molar-refractivity contribution in [3.05, 3.63) is 90.0 Å². The minimum atomic E-state index is -0.136. The molecule has 3 nitrogen and oxygen atoms in total. The molecule has 3 heteroatoms. The van der Waals surface area contributed by atoms with Crippen LogP contribution in [0, 0.1) is 0 Å². The lowest BCUT2D eigenvalue weighted by Crippen LogP contribution is -2.11. The molecule has 0 unspecified atom stereocenters. The summed E-state index contributed by atoms with van der Waals surface area (Å²) in [6, 6.07) is 24.6. The Bertz CT molecular complexity index is 822. The Labute approximate surface area is 148 Å². The van der Waals surface area contributed by atoms with Crippen molar-refractivity contribution in [1.29, 1.82) is 0 Å². The highest BCUT2D eigenvalue weighted by Gasteiger charge is 2.07. The van der Waals surface area contributed by atoms with E-state index in [1.165, 1.54) is 5.56 Å². The first-order valence-electron chi connectivity index (χ1n) is 8.36. The summed E-state index contributed by atoms with van der Waals surface area (Å²) in [7, 11) is 0. The average Bonchev–Trinajstić information content (AvgIpc) is 2.63. The summed E-state index contributed by atoms with van der Waals surface area (Å²) in [6.07, 6.45) is 0. The van der Waals surface area contributed by atoms with Crippen molar-refractivity contribution in [3.8, 4) is 11.5 Å². The van der Waals surface area contributed by atoms with Crippen LogP contribution < -0.4 is 10.1 Å². The number of hydrogen-bond acceptors (Lipinski definition) is 2. The van der Waals surface area contributed by atoms with Gasteiger partial charge in [0.2, 0.25) is 0 Å². The number of para-hydroxylation sites is 1. The predicted octanol–water partition coefficient (Wildman–Crippen LogP) is 5.85. The van der Waals surface area contributed by atoms with Crippen LogP contribution in [0.3, 0.4) is 0 Å². The second-order valence-electron chi connectivity index (χ2n) is 6.17. The number of benzene rings is 3. The minimum absolute atomic E-state index is 0.136. The number of ether oxygens (including phenoxy) is 1. The molecule has 126 valence electrons. The molecule has 3 aromatic rings. The van der Waals surface area contributed by atoms with Crippen molar-refractivity contribution in [2.45, 2.75) is 19.8 Å². The molecule has 0 aliphatic rings. The monoisotopic (exact) mass is 331 g/mol. The third kappa shape index (κ3) is 4.48. The average molecular weight is 331 g/mol. The van der Waals surface area contributed by atoms with E-state index in [9.17, 15) is 4.79 Å². The Morgan fingerprint density at radius 2 is 1.40 bits per heavy atom. The number of carbonyl (C=O) groups is 1. The van der Waals surface area contributed by atoms with E-state index < -0.39 is 0 Å². The van der Waals surface area contributed by atoms with Crippen LogP contribution in [0.4, 0.5) is 5.69 Å².